The van der Waals surface area contributed by atoms with Crippen molar-refractivity contribution < 1.29 is 9.53 Å². The lowest BCUT2D eigenvalue weighted by Crippen LogP contribution is -2.49. The molecule has 0 radical (unpaired) electrons. The molecular weight excluding hydrogens is 278 g/mol. The van der Waals surface area contributed by atoms with Gasteiger partial charge in [-0.25, -0.2) is 0 Å². The van der Waals surface area contributed by atoms with Crippen molar-refractivity contribution in [2.45, 2.75) is 26.3 Å². The molecule has 1 fully saturated rings. The molecule has 0 unspecified atom stereocenters. The molecule has 5 nitrogen and oxygen atoms in total. The van der Waals surface area contributed by atoms with Crippen molar-refractivity contribution in [1.29, 1.82) is 0 Å². The fourth-order valence-corrected chi connectivity index (χ4v) is 2.63. The van der Waals surface area contributed by atoms with Crippen LogP contribution in [0.3, 0.4) is 0 Å². The van der Waals surface area contributed by atoms with Gasteiger partial charge in [0.1, 0.15) is 5.75 Å². The van der Waals surface area contributed by atoms with E-state index in [9.17, 15) is 4.79 Å². The maximum atomic E-state index is 12.2. The zero-order valence-electron chi connectivity index (χ0n) is 13.8. The molecule has 1 aromatic carbocycles. The normalized spacial score (nSPS) is 15.3. The zero-order valence-corrected chi connectivity index (χ0v) is 13.8. The Morgan fingerprint density at radius 1 is 1.18 bits per heavy atom. The molecule has 1 heterocycles. The van der Waals surface area contributed by atoms with Crippen LogP contribution in [0.2, 0.25) is 0 Å². The molecule has 1 aliphatic heterocycles. The minimum Gasteiger partial charge on any atom is -0.497 e. The van der Waals surface area contributed by atoms with E-state index >= 15 is 0 Å². The predicted molar refractivity (Wildman–Crippen MR) is 89.5 cm³/mol. The first-order valence-electron chi connectivity index (χ1n) is 8.00. The number of nitrogens with one attached hydrogen (secondary N) is 1. The van der Waals surface area contributed by atoms with Crippen molar-refractivity contribution in [2.75, 3.05) is 44.7 Å². The summed E-state index contributed by atoms with van der Waals surface area (Å²) < 4.78 is 5.18. The van der Waals surface area contributed by atoms with Crippen LogP contribution in [0.4, 0.5) is 5.69 Å². The van der Waals surface area contributed by atoms with Crippen LogP contribution in [-0.4, -0.2) is 56.7 Å². The summed E-state index contributed by atoms with van der Waals surface area (Å²) in [4.78, 5) is 16.4. The highest BCUT2D eigenvalue weighted by Crippen LogP contribution is 2.20. The van der Waals surface area contributed by atoms with Crippen LogP contribution in [0.1, 0.15) is 20.3 Å². The molecule has 1 amide bonds. The number of hydrogen-bond donors (Lipinski definition) is 1. The Balaban J connectivity index is 1.78. The van der Waals surface area contributed by atoms with Gasteiger partial charge >= 0.3 is 0 Å². The lowest BCUT2D eigenvalue weighted by molar-refractivity contribution is -0.131. The maximum absolute atomic E-state index is 12.2. The summed E-state index contributed by atoms with van der Waals surface area (Å²) in [6.45, 7) is 8.32. The molecule has 1 aromatic rings. The molecule has 0 atom stereocenters. The van der Waals surface area contributed by atoms with Crippen LogP contribution in [-0.2, 0) is 4.79 Å². The van der Waals surface area contributed by atoms with E-state index in [1.807, 2.05) is 17.0 Å². The molecule has 2 rings (SSSR count). The van der Waals surface area contributed by atoms with E-state index in [1.54, 1.807) is 7.11 Å². The number of amides is 1. The fraction of sp³-hybridized carbons (Fsp3) is 0.588. The number of carbonyl (C=O) groups is 1. The van der Waals surface area contributed by atoms with Gasteiger partial charge < -0.3 is 19.9 Å². The highest BCUT2D eigenvalue weighted by molar-refractivity contribution is 5.76. The van der Waals surface area contributed by atoms with Crippen LogP contribution in [0.15, 0.2) is 24.3 Å². The van der Waals surface area contributed by atoms with Crippen molar-refractivity contribution >= 4 is 11.6 Å². The number of anilines is 1. The SMILES string of the molecule is COc1ccc(N2CCN(C(=O)CCNC(C)C)CC2)cc1. The highest BCUT2D eigenvalue weighted by Gasteiger charge is 2.20. The summed E-state index contributed by atoms with van der Waals surface area (Å²) in [5.41, 5.74) is 1.19. The van der Waals surface area contributed by atoms with Crippen LogP contribution in [0.5, 0.6) is 5.75 Å². The van der Waals surface area contributed by atoms with E-state index in [1.165, 1.54) is 5.69 Å². The fourth-order valence-electron chi connectivity index (χ4n) is 2.63. The number of benzene rings is 1. The minimum atomic E-state index is 0.252. The lowest BCUT2D eigenvalue weighted by Gasteiger charge is -2.36. The largest absolute Gasteiger partial charge is 0.497 e. The third kappa shape index (κ3) is 4.63. The summed E-state index contributed by atoms with van der Waals surface area (Å²) >= 11 is 0. The molecule has 1 aliphatic rings. The van der Waals surface area contributed by atoms with Crippen LogP contribution >= 0.6 is 0 Å². The second-order valence-corrected chi connectivity index (χ2v) is 5.92. The van der Waals surface area contributed by atoms with Gasteiger partial charge in [-0.1, -0.05) is 13.8 Å². The van der Waals surface area contributed by atoms with E-state index in [4.69, 9.17) is 4.74 Å². The molecule has 0 saturated carbocycles. The maximum Gasteiger partial charge on any atom is 0.223 e. The smallest absolute Gasteiger partial charge is 0.223 e. The number of methoxy groups -OCH3 is 1. The molecular formula is C17H27N3O2. The van der Waals surface area contributed by atoms with Crippen molar-refractivity contribution in [3.05, 3.63) is 24.3 Å². The molecule has 1 N–H and O–H groups in total. The Hall–Kier alpha value is -1.75. The second kappa shape index (κ2) is 8.03. The Kier molecular flexibility index (Phi) is 6.07. The van der Waals surface area contributed by atoms with Gasteiger partial charge in [-0.15, -0.1) is 0 Å². The van der Waals surface area contributed by atoms with Gasteiger partial charge in [0.25, 0.3) is 0 Å². The van der Waals surface area contributed by atoms with Crippen molar-refractivity contribution in [2.24, 2.45) is 0 Å². The Morgan fingerprint density at radius 3 is 2.36 bits per heavy atom. The zero-order chi connectivity index (χ0) is 15.9. The van der Waals surface area contributed by atoms with Crippen molar-refractivity contribution in [3.63, 3.8) is 0 Å². The summed E-state index contributed by atoms with van der Waals surface area (Å²) in [7, 11) is 1.67. The monoisotopic (exact) mass is 305 g/mol. The van der Waals surface area contributed by atoms with Crippen molar-refractivity contribution in [3.8, 4) is 5.75 Å². The van der Waals surface area contributed by atoms with Crippen LogP contribution in [0.25, 0.3) is 0 Å². The summed E-state index contributed by atoms with van der Waals surface area (Å²) in [5, 5.41) is 3.29. The first-order chi connectivity index (χ1) is 10.6. The summed E-state index contributed by atoms with van der Waals surface area (Å²) in [6, 6.07) is 8.53. The Bertz CT molecular complexity index is 465. The number of nitrogens with zero attached hydrogens (tertiary/aromatic N) is 2. The number of carbonyl (C=O) groups excluding carboxylic acids is 1. The molecule has 0 aromatic heterocycles. The van der Waals surface area contributed by atoms with Gasteiger partial charge in [-0.05, 0) is 24.3 Å². The van der Waals surface area contributed by atoms with Gasteiger partial charge in [0.2, 0.25) is 5.91 Å². The van der Waals surface area contributed by atoms with E-state index in [0.717, 1.165) is 38.5 Å². The molecule has 5 heteroatoms. The number of hydrogen-bond acceptors (Lipinski definition) is 4. The third-order valence-corrected chi connectivity index (χ3v) is 3.96. The predicted octanol–water partition coefficient (Wildman–Crippen LogP) is 1.73. The standard InChI is InChI=1S/C17H27N3O2/c1-14(2)18-9-8-17(21)20-12-10-19(11-13-20)15-4-6-16(22-3)7-5-15/h4-7,14,18H,8-13H2,1-3H3. The first-order valence-corrected chi connectivity index (χ1v) is 8.00. The Morgan fingerprint density at radius 2 is 1.82 bits per heavy atom. The highest BCUT2D eigenvalue weighted by atomic mass is 16.5. The van der Waals surface area contributed by atoms with E-state index < -0.39 is 0 Å². The van der Waals surface area contributed by atoms with Gasteiger partial charge in [-0.3, -0.25) is 4.79 Å². The van der Waals surface area contributed by atoms with E-state index in [-0.39, 0.29) is 5.91 Å². The van der Waals surface area contributed by atoms with E-state index in [2.05, 4.69) is 36.2 Å². The molecule has 22 heavy (non-hydrogen) atoms. The molecule has 0 spiro atoms. The van der Waals surface area contributed by atoms with Gasteiger partial charge in [-0.2, -0.15) is 0 Å². The molecule has 0 aliphatic carbocycles. The van der Waals surface area contributed by atoms with Crippen molar-refractivity contribution in [1.82, 2.24) is 10.2 Å². The topological polar surface area (TPSA) is 44.8 Å². The second-order valence-electron chi connectivity index (χ2n) is 5.92. The van der Waals surface area contributed by atoms with Crippen LogP contribution < -0.4 is 15.0 Å². The molecule has 1 saturated heterocycles. The average Bonchev–Trinajstić information content (AvgIpc) is 2.54. The molecule has 122 valence electrons. The summed E-state index contributed by atoms with van der Waals surface area (Å²) in [6.07, 6.45) is 0.584. The van der Waals surface area contributed by atoms with Crippen LogP contribution in [0, 0.1) is 0 Å². The van der Waals surface area contributed by atoms with Gasteiger partial charge in [0, 0.05) is 50.9 Å². The number of piperazine rings is 1. The van der Waals surface area contributed by atoms with Gasteiger partial charge in [0.15, 0.2) is 0 Å². The van der Waals surface area contributed by atoms with Gasteiger partial charge in [0.05, 0.1) is 7.11 Å². The summed E-state index contributed by atoms with van der Waals surface area (Å²) in [5.74, 6) is 1.12. The quantitative estimate of drug-likeness (QED) is 0.869. The number of rotatable bonds is 6. The first kappa shape index (κ1) is 16.6. The number of ether oxygens (including phenoxy) is 1. The third-order valence-electron chi connectivity index (χ3n) is 3.96. The minimum absolute atomic E-state index is 0.252. The van der Waals surface area contributed by atoms with E-state index in [0.29, 0.717) is 12.5 Å². The Labute approximate surface area is 133 Å². The lowest BCUT2D eigenvalue weighted by atomic mass is 10.2. The molecule has 0 bridgehead atoms. The average molecular weight is 305 g/mol.